The molecule has 0 bridgehead atoms. The van der Waals surface area contributed by atoms with Crippen molar-refractivity contribution in [1.29, 1.82) is 0 Å². The highest BCUT2D eigenvalue weighted by Crippen LogP contribution is 2.26. The van der Waals surface area contributed by atoms with Gasteiger partial charge in [0.2, 0.25) is 5.95 Å². The first-order valence-corrected chi connectivity index (χ1v) is 11.4. The first-order chi connectivity index (χ1) is 14.1. The summed E-state index contributed by atoms with van der Waals surface area (Å²) in [5, 5.41) is 3.47. The largest absolute Gasteiger partial charge is 0.367 e. The van der Waals surface area contributed by atoms with E-state index in [-0.39, 0.29) is 10.8 Å². The van der Waals surface area contributed by atoms with Crippen LogP contribution < -0.4 is 10.0 Å². The Morgan fingerprint density at radius 3 is 2.17 bits per heavy atom. The average Bonchev–Trinajstić information content (AvgIpc) is 2.75. The highest BCUT2D eigenvalue weighted by atomic mass is 32.2. The summed E-state index contributed by atoms with van der Waals surface area (Å²) in [6.45, 7) is 0. The lowest BCUT2D eigenvalue weighted by Crippen LogP contribution is -2.23. The third-order valence-electron chi connectivity index (χ3n) is 5.03. The average molecular weight is 409 g/mol. The van der Waals surface area contributed by atoms with Crippen LogP contribution in [-0.2, 0) is 10.0 Å². The Bertz CT molecular complexity index is 1050. The lowest BCUT2D eigenvalue weighted by molar-refractivity contribution is 0.462. The van der Waals surface area contributed by atoms with Gasteiger partial charge in [-0.25, -0.2) is 18.1 Å². The zero-order valence-electron chi connectivity index (χ0n) is 16.1. The summed E-state index contributed by atoms with van der Waals surface area (Å²) in [5.41, 5.74) is 1.58. The number of aromatic nitrogens is 2. The Hall–Kier alpha value is -2.93. The minimum atomic E-state index is -3.76. The predicted molar refractivity (Wildman–Crippen MR) is 115 cm³/mol. The van der Waals surface area contributed by atoms with Gasteiger partial charge in [0, 0.05) is 17.7 Å². The Balaban J connectivity index is 1.67. The van der Waals surface area contributed by atoms with E-state index < -0.39 is 10.0 Å². The quantitative estimate of drug-likeness (QED) is 0.618. The molecule has 150 valence electrons. The minimum absolute atomic E-state index is 0.0634. The van der Waals surface area contributed by atoms with Gasteiger partial charge in [-0.2, -0.15) is 4.98 Å². The zero-order chi connectivity index (χ0) is 20.1. The Labute approximate surface area is 171 Å². The second kappa shape index (κ2) is 8.61. The molecule has 1 aliphatic rings. The molecule has 0 radical (unpaired) electrons. The van der Waals surface area contributed by atoms with Gasteiger partial charge >= 0.3 is 0 Å². The molecule has 0 unspecified atom stereocenters. The number of sulfonamides is 1. The monoisotopic (exact) mass is 408 g/mol. The number of nitrogens with one attached hydrogen (secondary N) is 2. The summed E-state index contributed by atoms with van der Waals surface area (Å²) in [6, 6.07) is 20.2. The summed E-state index contributed by atoms with van der Waals surface area (Å²) in [6.07, 6.45) is 5.84. The molecule has 1 fully saturated rings. The Kier molecular flexibility index (Phi) is 5.76. The van der Waals surface area contributed by atoms with E-state index in [1.165, 1.54) is 19.3 Å². The topological polar surface area (TPSA) is 84.0 Å². The first kappa shape index (κ1) is 19.4. The number of hydrogen-bond acceptors (Lipinski definition) is 5. The van der Waals surface area contributed by atoms with E-state index in [4.69, 9.17) is 0 Å². The van der Waals surface area contributed by atoms with Crippen LogP contribution in [0.3, 0.4) is 0 Å². The van der Waals surface area contributed by atoms with Gasteiger partial charge in [0.1, 0.15) is 5.82 Å². The van der Waals surface area contributed by atoms with E-state index in [0.717, 1.165) is 18.4 Å². The van der Waals surface area contributed by atoms with Gasteiger partial charge in [0.05, 0.1) is 10.6 Å². The van der Waals surface area contributed by atoms with E-state index in [0.29, 0.717) is 17.6 Å². The predicted octanol–water partition coefficient (Wildman–Crippen LogP) is 4.69. The van der Waals surface area contributed by atoms with Crippen LogP contribution in [-0.4, -0.2) is 24.4 Å². The molecule has 7 heteroatoms. The van der Waals surface area contributed by atoms with Crippen molar-refractivity contribution in [2.24, 2.45) is 0 Å². The molecule has 0 aliphatic heterocycles. The standard InChI is InChI=1S/C22H24N4O2S/c27-29(28,19-14-8-3-9-15-19)26-22-24-20(17-10-4-1-5-11-17)16-21(25-22)23-18-12-6-2-7-13-18/h1,3-5,8-11,14-16,18H,2,6-7,12-13H2,(H2,23,24,25,26). The van der Waals surface area contributed by atoms with Crippen molar-refractivity contribution >= 4 is 21.8 Å². The second-order valence-corrected chi connectivity index (χ2v) is 8.91. The van der Waals surface area contributed by atoms with Crippen LogP contribution >= 0.6 is 0 Å². The van der Waals surface area contributed by atoms with Gasteiger partial charge in [0.25, 0.3) is 10.0 Å². The van der Waals surface area contributed by atoms with Crippen molar-refractivity contribution in [2.45, 2.75) is 43.0 Å². The molecule has 1 aromatic heterocycles. The lowest BCUT2D eigenvalue weighted by Gasteiger charge is -2.23. The van der Waals surface area contributed by atoms with Gasteiger partial charge in [-0.15, -0.1) is 0 Å². The van der Waals surface area contributed by atoms with Crippen molar-refractivity contribution in [3.8, 4) is 11.3 Å². The maximum atomic E-state index is 12.7. The van der Waals surface area contributed by atoms with Crippen molar-refractivity contribution in [2.75, 3.05) is 10.0 Å². The number of hydrogen-bond donors (Lipinski definition) is 2. The fraction of sp³-hybridized carbons (Fsp3) is 0.273. The Morgan fingerprint density at radius 2 is 1.48 bits per heavy atom. The van der Waals surface area contributed by atoms with Crippen LogP contribution in [0.1, 0.15) is 32.1 Å². The van der Waals surface area contributed by atoms with E-state index in [2.05, 4.69) is 20.0 Å². The van der Waals surface area contributed by atoms with Crippen LogP contribution in [0.15, 0.2) is 71.6 Å². The SMILES string of the molecule is O=S(=O)(Nc1nc(NC2CCCCC2)cc(-c2ccccc2)n1)c1ccccc1. The highest BCUT2D eigenvalue weighted by Gasteiger charge is 2.18. The van der Waals surface area contributed by atoms with Crippen LogP contribution in [0.25, 0.3) is 11.3 Å². The van der Waals surface area contributed by atoms with E-state index >= 15 is 0 Å². The molecule has 0 atom stereocenters. The molecule has 1 heterocycles. The van der Waals surface area contributed by atoms with Crippen molar-refractivity contribution in [3.63, 3.8) is 0 Å². The molecule has 4 rings (SSSR count). The minimum Gasteiger partial charge on any atom is -0.367 e. The number of benzene rings is 2. The molecule has 1 saturated carbocycles. The third kappa shape index (κ3) is 4.92. The van der Waals surface area contributed by atoms with Gasteiger partial charge in [-0.05, 0) is 25.0 Å². The summed E-state index contributed by atoms with van der Waals surface area (Å²) < 4.78 is 28.0. The zero-order valence-corrected chi connectivity index (χ0v) is 16.9. The van der Waals surface area contributed by atoms with Crippen LogP contribution in [0.5, 0.6) is 0 Å². The lowest BCUT2D eigenvalue weighted by atomic mass is 9.95. The van der Waals surface area contributed by atoms with Crippen molar-refractivity contribution in [1.82, 2.24) is 9.97 Å². The molecule has 29 heavy (non-hydrogen) atoms. The fourth-order valence-electron chi connectivity index (χ4n) is 3.56. The summed E-state index contributed by atoms with van der Waals surface area (Å²) in [5.74, 6) is 0.699. The van der Waals surface area contributed by atoms with Gasteiger partial charge in [-0.3, -0.25) is 0 Å². The maximum Gasteiger partial charge on any atom is 0.264 e. The van der Waals surface area contributed by atoms with E-state index in [1.807, 2.05) is 36.4 Å². The molecule has 0 saturated heterocycles. The maximum absolute atomic E-state index is 12.7. The molecular formula is C22H24N4O2S. The van der Waals surface area contributed by atoms with Crippen molar-refractivity contribution < 1.29 is 8.42 Å². The third-order valence-corrected chi connectivity index (χ3v) is 6.38. The van der Waals surface area contributed by atoms with E-state index in [9.17, 15) is 8.42 Å². The van der Waals surface area contributed by atoms with Crippen LogP contribution in [0.4, 0.5) is 11.8 Å². The summed E-state index contributed by atoms with van der Waals surface area (Å²) in [4.78, 5) is 9.09. The highest BCUT2D eigenvalue weighted by molar-refractivity contribution is 7.92. The summed E-state index contributed by atoms with van der Waals surface area (Å²) in [7, 11) is -3.76. The van der Waals surface area contributed by atoms with E-state index in [1.54, 1.807) is 30.3 Å². The number of rotatable bonds is 6. The second-order valence-electron chi connectivity index (χ2n) is 7.23. The number of nitrogens with zero attached hydrogens (tertiary/aromatic N) is 2. The molecule has 6 nitrogen and oxygen atoms in total. The summed E-state index contributed by atoms with van der Waals surface area (Å²) >= 11 is 0. The smallest absolute Gasteiger partial charge is 0.264 e. The first-order valence-electron chi connectivity index (χ1n) is 9.89. The molecule has 1 aliphatic carbocycles. The van der Waals surface area contributed by atoms with Gasteiger partial charge < -0.3 is 5.32 Å². The number of anilines is 2. The van der Waals surface area contributed by atoms with Crippen LogP contribution in [0.2, 0.25) is 0 Å². The Morgan fingerprint density at radius 1 is 0.828 bits per heavy atom. The molecule has 0 amide bonds. The van der Waals surface area contributed by atoms with Crippen LogP contribution in [0, 0.1) is 0 Å². The fourth-order valence-corrected chi connectivity index (χ4v) is 4.52. The molecule has 2 aromatic carbocycles. The van der Waals surface area contributed by atoms with Gasteiger partial charge in [-0.1, -0.05) is 67.8 Å². The normalized spacial score (nSPS) is 15.0. The molecule has 2 N–H and O–H groups in total. The molecule has 3 aromatic rings. The van der Waals surface area contributed by atoms with Gasteiger partial charge in [0.15, 0.2) is 0 Å². The molecular weight excluding hydrogens is 384 g/mol. The molecule has 0 spiro atoms. The van der Waals surface area contributed by atoms with Crippen molar-refractivity contribution in [3.05, 3.63) is 66.7 Å².